The second-order valence-corrected chi connectivity index (χ2v) is 2.99. The number of benzene rings is 1. The van der Waals surface area contributed by atoms with Crippen LogP contribution in [0.15, 0.2) is 24.8 Å². The molecule has 0 atom stereocenters. The Morgan fingerprint density at radius 2 is 2.00 bits per heavy atom. The summed E-state index contributed by atoms with van der Waals surface area (Å²) < 4.78 is 25.5. The normalized spacial score (nSPS) is 9.73. The lowest BCUT2D eigenvalue weighted by Gasteiger charge is -1.98. The highest BCUT2D eigenvalue weighted by Crippen LogP contribution is 2.21. The molecule has 1 aromatic carbocycles. The number of halogens is 3. The van der Waals surface area contributed by atoms with Crippen molar-refractivity contribution in [3.05, 3.63) is 42.0 Å². The van der Waals surface area contributed by atoms with Crippen LogP contribution in [-0.2, 0) is 0 Å². The molecule has 0 bridgehead atoms. The summed E-state index contributed by atoms with van der Waals surface area (Å²) in [5.74, 6) is -1.19. The highest BCUT2D eigenvalue weighted by Gasteiger charge is 2.03. The standard InChI is InChI=1S/C8H5BrF2/c1-5(9)7-3-2-6(10)4-8(7)11/h2-4H,1H2. The fourth-order valence-electron chi connectivity index (χ4n) is 0.709. The first-order valence-electron chi connectivity index (χ1n) is 2.91. The molecule has 1 aromatic rings. The minimum Gasteiger partial charge on any atom is -0.207 e. The largest absolute Gasteiger partial charge is 0.207 e. The molecule has 0 saturated heterocycles. The van der Waals surface area contributed by atoms with E-state index < -0.39 is 11.6 Å². The number of hydrogen-bond donors (Lipinski definition) is 0. The van der Waals surface area contributed by atoms with Gasteiger partial charge in [0.1, 0.15) is 11.6 Å². The van der Waals surface area contributed by atoms with Crippen molar-refractivity contribution in [3.63, 3.8) is 0 Å². The smallest absolute Gasteiger partial charge is 0.134 e. The third-order valence-corrected chi connectivity index (χ3v) is 1.65. The molecule has 0 aliphatic carbocycles. The van der Waals surface area contributed by atoms with E-state index in [4.69, 9.17) is 0 Å². The third-order valence-electron chi connectivity index (χ3n) is 1.22. The topological polar surface area (TPSA) is 0 Å². The maximum Gasteiger partial charge on any atom is 0.134 e. The molecule has 0 N–H and O–H groups in total. The first-order chi connectivity index (χ1) is 5.11. The van der Waals surface area contributed by atoms with Crippen molar-refractivity contribution in [3.8, 4) is 0 Å². The molecule has 0 heterocycles. The molecule has 0 nitrogen and oxygen atoms in total. The van der Waals surface area contributed by atoms with Gasteiger partial charge in [0.15, 0.2) is 0 Å². The van der Waals surface area contributed by atoms with E-state index in [1.54, 1.807) is 0 Å². The highest BCUT2D eigenvalue weighted by molar-refractivity contribution is 9.15. The molecule has 0 amide bonds. The Labute approximate surface area is 71.7 Å². The zero-order valence-electron chi connectivity index (χ0n) is 5.57. The average Bonchev–Trinajstić information content (AvgIpc) is 1.85. The lowest BCUT2D eigenvalue weighted by Crippen LogP contribution is -1.85. The van der Waals surface area contributed by atoms with Crippen molar-refractivity contribution in [2.75, 3.05) is 0 Å². The van der Waals surface area contributed by atoms with E-state index in [-0.39, 0.29) is 5.56 Å². The van der Waals surface area contributed by atoms with Gasteiger partial charge in [-0.2, -0.15) is 0 Å². The minimum absolute atomic E-state index is 0.284. The predicted octanol–water partition coefficient (Wildman–Crippen LogP) is 3.33. The Hall–Kier alpha value is -0.700. The Morgan fingerprint density at radius 3 is 2.45 bits per heavy atom. The predicted molar refractivity (Wildman–Crippen MR) is 44.3 cm³/mol. The fraction of sp³-hybridized carbons (Fsp3) is 0. The van der Waals surface area contributed by atoms with Crippen LogP contribution in [-0.4, -0.2) is 0 Å². The van der Waals surface area contributed by atoms with Gasteiger partial charge < -0.3 is 0 Å². The summed E-state index contributed by atoms with van der Waals surface area (Å²) in [6, 6.07) is 3.34. The summed E-state index contributed by atoms with van der Waals surface area (Å²) in [5.41, 5.74) is 0.284. The van der Waals surface area contributed by atoms with Gasteiger partial charge in [0.05, 0.1) is 0 Å². The van der Waals surface area contributed by atoms with E-state index in [9.17, 15) is 8.78 Å². The summed E-state index contributed by atoms with van der Waals surface area (Å²) >= 11 is 3.00. The van der Waals surface area contributed by atoms with E-state index in [1.807, 2.05) is 0 Å². The van der Waals surface area contributed by atoms with E-state index in [0.717, 1.165) is 6.07 Å². The van der Waals surface area contributed by atoms with Crippen molar-refractivity contribution in [2.45, 2.75) is 0 Å². The van der Waals surface area contributed by atoms with Gasteiger partial charge in [0.25, 0.3) is 0 Å². The monoisotopic (exact) mass is 218 g/mol. The molecule has 0 fully saturated rings. The van der Waals surface area contributed by atoms with Crippen LogP contribution in [0.2, 0.25) is 0 Å². The molecule has 0 aliphatic rings. The molecule has 0 aromatic heterocycles. The Kier molecular flexibility index (Phi) is 2.39. The lowest BCUT2D eigenvalue weighted by molar-refractivity contribution is 0.581. The Morgan fingerprint density at radius 1 is 1.36 bits per heavy atom. The van der Waals surface area contributed by atoms with Crippen LogP contribution in [0.1, 0.15) is 5.56 Å². The van der Waals surface area contributed by atoms with Gasteiger partial charge in [0.2, 0.25) is 0 Å². The van der Waals surface area contributed by atoms with Crippen LogP contribution in [0, 0.1) is 11.6 Å². The summed E-state index contributed by atoms with van der Waals surface area (Å²) in [5, 5.41) is 0. The van der Waals surface area contributed by atoms with Crippen molar-refractivity contribution >= 4 is 20.4 Å². The van der Waals surface area contributed by atoms with Crippen LogP contribution >= 0.6 is 15.9 Å². The highest BCUT2D eigenvalue weighted by atomic mass is 79.9. The first kappa shape index (κ1) is 8.40. The Bertz CT molecular complexity index is 294. The van der Waals surface area contributed by atoms with Gasteiger partial charge in [-0.3, -0.25) is 0 Å². The zero-order valence-corrected chi connectivity index (χ0v) is 7.16. The van der Waals surface area contributed by atoms with E-state index in [0.29, 0.717) is 4.48 Å². The molecule has 0 radical (unpaired) electrons. The quantitative estimate of drug-likeness (QED) is 0.679. The van der Waals surface area contributed by atoms with Crippen LogP contribution in [0.3, 0.4) is 0 Å². The van der Waals surface area contributed by atoms with Crippen molar-refractivity contribution < 1.29 is 8.78 Å². The Balaban J connectivity index is 3.20. The maximum absolute atomic E-state index is 12.8. The molecular formula is C8H5BrF2. The third kappa shape index (κ3) is 1.87. The van der Waals surface area contributed by atoms with E-state index in [2.05, 4.69) is 22.5 Å². The van der Waals surface area contributed by atoms with E-state index in [1.165, 1.54) is 12.1 Å². The average molecular weight is 219 g/mol. The number of rotatable bonds is 1. The van der Waals surface area contributed by atoms with Crippen molar-refractivity contribution in [1.82, 2.24) is 0 Å². The zero-order chi connectivity index (χ0) is 8.43. The van der Waals surface area contributed by atoms with Gasteiger partial charge in [-0.15, -0.1) is 0 Å². The molecule has 0 saturated carbocycles. The van der Waals surface area contributed by atoms with Crippen molar-refractivity contribution in [1.29, 1.82) is 0 Å². The summed E-state index contributed by atoms with van der Waals surface area (Å²) in [7, 11) is 0. The van der Waals surface area contributed by atoms with Crippen molar-refractivity contribution in [2.24, 2.45) is 0 Å². The molecule has 3 heteroatoms. The summed E-state index contributed by atoms with van der Waals surface area (Å²) in [6.45, 7) is 3.47. The molecule has 0 aliphatic heterocycles. The van der Waals surface area contributed by atoms with Crippen LogP contribution in [0.25, 0.3) is 4.48 Å². The molecule has 0 unspecified atom stereocenters. The lowest BCUT2D eigenvalue weighted by atomic mass is 10.2. The van der Waals surface area contributed by atoms with Gasteiger partial charge in [0, 0.05) is 16.1 Å². The summed E-state index contributed by atoms with van der Waals surface area (Å²) in [4.78, 5) is 0. The van der Waals surface area contributed by atoms with Gasteiger partial charge in [-0.1, -0.05) is 22.5 Å². The van der Waals surface area contributed by atoms with Gasteiger partial charge in [-0.05, 0) is 12.1 Å². The van der Waals surface area contributed by atoms with Gasteiger partial charge >= 0.3 is 0 Å². The molecule has 0 spiro atoms. The first-order valence-corrected chi connectivity index (χ1v) is 3.70. The fourth-order valence-corrected chi connectivity index (χ4v) is 1.03. The second-order valence-electron chi connectivity index (χ2n) is 2.03. The molecule has 1 rings (SSSR count). The molecular weight excluding hydrogens is 214 g/mol. The van der Waals surface area contributed by atoms with Gasteiger partial charge in [-0.25, -0.2) is 8.78 Å². The second kappa shape index (κ2) is 3.13. The molecule has 11 heavy (non-hydrogen) atoms. The maximum atomic E-state index is 12.8. The van der Waals surface area contributed by atoms with Crippen LogP contribution in [0.4, 0.5) is 8.78 Å². The number of hydrogen-bond acceptors (Lipinski definition) is 0. The van der Waals surface area contributed by atoms with Crippen LogP contribution < -0.4 is 0 Å². The minimum atomic E-state index is -0.605. The van der Waals surface area contributed by atoms with Crippen LogP contribution in [0.5, 0.6) is 0 Å². The summed E-state index contributed by atoms with van der Waals surface area (Å²) in [6.07, 6.45) is 0. The SMILES string of the molecule is C=C(Br)c1ccc(F)cc1F. The molecule has 58 valence electrons. The van der Waals surface area contributed by atoms with E-state index >= 15 is 0 Å².